The highest BCUT2D eigenvalue weighted by Gasteiger charge is 2.35. The number of alkyl carbamates (subject to hydrolysis) is 1. The monoisotopic (exact) mass is 450 g/mol. The first-order valence-electron chi connectivity index (χ1n) is 11.5. The average molecular weight is 451 g/mol. The van der Waals surface area contributed by atoms with Crippen LogP contribution in [-0.4, -0.2) is 53.2 Å². The molecule has 0 bridgehead atoms. The summed E-state index contributed by atoms with van der Waals surface area (Å²) in [6.07, 6.45) is 1.13. The summed E-state index contributed by atoms with van der Waals surface area (Å²) in [5.41, 5.74) is 4.59. The third-order valence-electron chi connectivity index (χ3n) is 6.46. The largest absolute Gasteiger partial charge is 0.480 e. The third kappa shape index (κ3) is 5.18. The van der Waals surface area contributed by atoms with Crippen LogP contribution in [-0.2, 0) is 14.3 Å². The lowest BCUT2D eigenvalue weighted by Crippen LogP contribution is -2.45. The van der Waals surface area contributed by atoms with Crippen LogP contribution in [0.4, 0.5) is 4.79 Å². The van der Waals surface area contributed by atoms with E-state index in [4.69, 9.17) is 9.84 Å². The molecule has 1 fully saturated rings. The predicted molar refractivity (Wildman–Crippen MR) is 124 cm³/mol. The van der Waals surface area contributed by atoms with E-state index in [2.05, 4.69) is 29.6 Å². The Balaban J connectivity index is 1.38. The first kappa shape index (κ1) is 22.8. The molecule has 0 spiro atoms. The number of fused-ring (bicyclic) bond motifs is 3. The van der Waals surface area contributed by atoms with Crippen molar-refractivity contribution < 1.29 is 24.2 Å². The van der Waals surface area contributed by atoms with Crippen LogP contribution >= 0.6 is 0 Å². The van der Waals surface area contributed by atoms with E-state index in [1.807, 2.05) is 38.1 Å². The van der Waals surface area contributed by atoms with Gasteiger partial charge in [-0.15, -0.1) is 0 Å². The van der Waals surface area contributed by atoms with Crippen molar-refractivity contribution in [3.05, 3.63) is 59.7 Å². The minimum atomic E-state index is -1.03. The standard InChI is InChI=1S/C26H30N2O5/c1-16(2)23(13-24(29)28(14-25(30)31)17-11-12-17)27-26(32)33-15-22-20-9-5-3-7-18(20)19-8-4-6-10-21(19)22/h3-10,16-17,22-23H,11-15H2,1-2H3,(H,27,32)(H,30,31). The molecule has 174 valence electrons. The Morgan fingerprint density at radius 2 is 1.61 bits per heavy atom. The van der Waals surface area contributed by atoms with Gasteiger partial charge in [0.1, 0.15) is 13.2 Å². The summed E-state index contributed by atoms with van der Waals surface area (Å²) >= 11 is 0. The number of rotatable bonds is 9. The van der Waals surface area contributed by atoms with E-state index in [1.54, 1.807) is 0 Å². The Hall–Kier alpha value is -3.35. The van der Waals surface area contributed by atoms with Crippen molar-refractivity contribution in [3.63, 3.8) is 0 Å². The van der Waals surface area contributed by atoms with E-state index in [-0.39, 0.29) is 43.4 Å². The highest BCUT2D eigenvalue weighted by Crippen LogP contribution is 2.44. The van der Waals surface area contributed by atoms with Gasteiger partial charge < -0.3 is 20.1 Å². The molecule has 4 rings (SSSR count). The smallest absolute Gasteiger partial charge is 0.407 e. The molecule has 2 N–H and O–H groups in total. The number of hydrogen-bond acceptors (Lipinski definition) is 4. The maximum absolute atomic E-state index is 12.8. The second-order valence-electron chi connectivity index (χ2n) is 9.17. The van der Waals surface area contributed by atoms with Crippen molar-refractivity contribution in [3.8, 4) is 11.1 Å². The summed E-state index contributed by atoms with van der Waals surface area (Å²) < 4.78 is 5.62. The Morgan fingerprint density at radius 1 is 1.03 bits per heavy atom. The molecule has 1 atom stereocenters. The van der Waals surface area contributed by atoms with Crippen LogP contribution in [0.2, 0.25) is 0 Å². The molecule has 2 aliphatic rings. The molecule has 1 unspecified atom stereocenters. The number of carbonyl (C=O) groups excluding carboxylic acids is 2. The number of carboxylic acids is 1. The summed E-state index contributed by atoms with van der Waals surface area (Å²) in [7, 11) is 0. The quantitative estimate of drug-likeness (QED) is 0.602. The highest BCUT2D eigenvalue weighted by atomic mass is 16.5. The first-order valence-corrected chi connectivity index (χ1v) is 11.5. The van der Waals surface area contributed by atoms with E-state index < -0.39 is 18.1 Å². The summed E-state index contributed by atoms with van der Waals surface area (Å²) in [5, 5.41) is 12.0. The second kappa shape index (κ2) is 9.65. The molecule has 2 aliphatic carbocycles. The molecule has 0 aliphatic heterocycles. The molecule has 0 saturated heterocycles. The van der Waals surface area contributed by atoms with E-state index in [9.17, 15) is 14.4 Å². The summed E-state index contributed by atoms with van der Waals surface area (Å²) in [6.45, 7) is 3.73. The van der Waals surface area contributed by atoms with Crippen LogP contribution in [0.3, 0.4) is 0 Å². The van der Waals surface area contributed by atoms with Crippen molar-refractivity contribution in [1.29, 1.82) is 0 Å². The number of carbonyl (C=O) groups is 3. The van der Waals surface area contributed by atoms with E-state index in [0.717, 1.165) is 35.1 Å². The SMILES string of the molecule is CC(C)C(CC(=O)N(CC(=O)O)C1CC1)NC(=O)OCC1c2ccccc2-c2ccccc21. The van der Waals surface area contributed by atoms with Gasteiger partial charge in [0, 0.05) is 24.4 Å². The normalized spacial score (nSPS) is 15.5. The summed E-state index contributed by atoms with van der Waals surface area (Å²) in [4.78, 5) is 38.0. The molecule has 0 radical (unpaired) electrons. The van der Waals surface area contributed by atoms with Crippen molar-refractivity contribution in [1.82, 2.24) is 10.2 Å². The zero-order chi connectivity index (χ0) is 23.5. The molecule has 0 aromatic heterocycles. The molecule has 33 heavy (non-hydrogen) atoms. The molecule has 7 nitrogen and oxygen atoms in total. The fraction of sp³-hybridized carbons (Fsp3) is 0.423. The maximum Gasteiger partial charge on any atom is 0.407 e. The van der Waals surface area contributed by atoms with Crippen LogP contribution in [0.15, 0.2) is 48.5 Å². The number of aliphatic carboxylic acids is 1. The molecule has 2 aromatic rings. The first-order chi connectivity index (χ1) is 15.8. The number of ether oxygens (including phenoxy) is 1. The molecular formula is C26H30N2O5. The molecule has 0 heterocycles. The number of nitrogens with zero attached hydrogens (tertiary/aromatic N) is 1. The lowest BCUT2D eigenvalue weighted by atomic mass is 9.98. The van der Waals surface area contributed by atoms with Gasteiger partial charge in [0.15, 0.2) is 0 Å². The van der Waals surface area contributed by atoms with Crippen LogP contribution in [0.5, 0.6) is 0 Å². The Kier molecular flexibility index (Phi) is 6.67. The van der Waals surface area contributed by atoms with Gasteiger partial charge in [-0.05, 0) is 41.0 Å². The van der Waals surface area contributed by atoms with Crippen LogP contribution < -0.4 is 5.32 Å². The van der Waals surface area contributed by atoms with E-state index in [1.165, 1.54) is 4.90 Å². The topological polar surface area (TPSA) is 95.9 Å². The number of nitrogens with one attached hydrogen (secondary N) is 1. The minimum absolute atomic E-state index is 0.00383. The molecule has 2 amide bonds. The Morgan fingerprint density at radius 3 is 2.12 bits per heavy atom. The second-order valence-corrected chi connectivity index (χ2v) is 9.17. The summed E-state index contributed by atoms with van der Waals surface area (Å²) in [6, 6.07) is 15.8. The van der Waals surface area contributed by atoms with Crippen molar-refractivity contribution >= 4 is 18.0 Å². The number of hydrogen-bond donors (Lipinski definition) is 2. The third-order valence-corrected chi connectivity index (χ3v) is 6.46. The van der Waals surface area contributed by atoms with Crippen molar-refractivity contribution in [2.24, 2.45) is 5.92 Å². The highest BCUT2D eigenvalue weighted by molar-refractivity contribution is 5.83. The van der Waals surface area contributed by atoms with Gasteiger partial charge in [-0.25, -0.2) is 4.79 Å². The van der Waals surface area contributed by atoms with Gasteiger partial charge in [-0.2, -0.15) is 0 Å². The van der Waals surface area contributed by atoms with Gasteiger partial charge >= 0.3 is 12.1 Å². The fourth-order valence-electron chi connectivity index (χ4n) is 4.50. The van der Waals surface area contributed by atoms with Crippen molar-refractivity contribution in [2.45, 2.75) is 51.1 Å². The van der Waals surface area contributed by atoms with Crippen LogP contribution in [0.1, 0.15) is 50.2 Å². The zero-order valence-electron chi connectivity index (χ0n) is 19.0. The summed E-state index contributed by atoms with van der Waals surface area (Å²) in [5.74, 6) is -1.33. The number of carboxylic acid groups (broad SMARTS) is 1. The number of amides is 2. The molecular weight excluding hydrogens is 420 g/mol. The number of benzene rings is 2. The van der Waals surface area contributed by atoms with Crippen molar-refractivity contribution in [2.75, 3.05) is 13.2 Å². The van der Waals surface area contributed by atoms with Gasteiger partial charge in [-0.1, -0.05) is 62.4 Å². The van der Waals surface area contributed by atoms with E-state index in [0.29, 0.717) is 0 Å². The lowest BCUT2D eigenvalue weighted by Gasteiger charge is -2.26. The van der Waals surface area contributed by atoms with Crippen LogP contribution in [0, 0.1) is 5.92 Å². The molecule has 7 heteroatoms. The zero-order valence-corrected chi connectivity index (χ0v) is 19.0. The lowest BCUT2D eigenvalue weighted by molar-refractivity contribution is -0.145. The maximum atomic E-state index is 12.8. The average Bonchev–Trinajstić information content (AvgIpc) is 3.58. The van der Waals surface area contributed by atoms with Gasteiger partial charge in [0.05, 0.1) is 0 Å². The predicted octanol–water partition coefficient (Wildman–Crippen LogP) is 4.02. The van der Waals surface area contributed by atoms with Crippen LogP contribution in [0.25, 0.3) is 11.1 Å². The van der Waals surface area contributed by atoms with E-state index >= 15 is 0 Å². The molecule has 2 aromatic carbocycles. The Bertz CT molecular complexity index is 1000. The van der Waals surface area contributed by atoms with Gasteiger partial charge in [0.2, 0.25) is 5.91 Å². The molecule has 1 saturated carbocycles. The Labute approximate surface area is 193 Å². The van der Waals surface area contributed by atoms with Gasteiger partial charge in [0.25, 0.3) is 0 Å². The van der Waals surface area contributed by atoms with Gasteiger partial charge in [-0.3, -0.25) is 9.59 Å². The fourth-order valence-corrected chi connectivity index (χ4v) is 4.50. The minimum Gasteiger partial charge on any atom is -0.480 e.